The fourth-order valence-corrected chi connectivity index (χ4v) is 3.89. The summed E-state index contributed by atoms with van der Waals surface area (Å²) in [6.07, 6.45) is 0.378. The highest BCUT2D eigenvalue weighted by atomic mass is 79.9. The Morgan fingerprint density at radius 2 is 1.69 bits per heavy atom. The van der Waals surface area contributed by atoms with Crippen molar-refractivity contribution in [3.05, 3.63) is 64.6 Å². The van der Waals surface area contributed by atoms with Gasteiger partial charge in [-0.05, 0) is 57.5 Å². The Kier molecular flexibility index (Phi) is 8.78. The van der Waals surface area contributed by atoms with Gasteiger partial charge in [-0.2, -0.15) is 0 Å². The first-order valence-corrected chi connectivity index (χ1v) is 11.5. The molecule has 0 aliphatic carbocycles. The molecule has 0 aliphatic rings. The van der Waals surface area contributed by atoms with Crippen molar-refractivity contribution in [3.8, 4) is 0 Å². The third-order valence-electron chi connectivity index (χ3n) is 4.26. The molecule has 29 heavy (non-hydrogen) atoms. The first kappa shape index (κ1) is 23.5. The highest BCUT2D eigenvalue weighted by Gasteiger charge is 2.28. The van der Waals surface area contributed by atoms with Gasteiger partial charge in [-0.1, -0.05) is 46.3 Å². The topological polar surface area (TPSA) is 49.4 Å². The number of thioether (sulfide) groups is 1. The summed E-state index contributed by atoms with van der Waals surface area (Å²) in [6.45, 7) is 8.02. The van der Waals surface area contributed by atoms with Gasteiger partial charge in [-0.15, -0.1) is 11.8 Å². The molecule has 2 rings (SSSR count). The summed E-state index contributed by atoms with van der Waals surface area (Å²) < 4.78 is 0.983. The molecule has 0 aromatic heterocycles. The van der Waals surface area contributed by atoms with Crippen LogP contribution < -0.4 is 5.32 Å². The van der Waals surface area contributed by atoms with Gasteiger partial charge in [0.2, 0.25) is 11.8 Å². The number of nitrogens with zero attached hydrogens (tertiary/aromatic N) is 1. The van der Waals surface area contributed by atoms with Crippen LogP contribution in [0.2, 0.25) is 0 Å². The molecular formula is C23H29BrN2O2S. The molecule has 0 aliphatic heterocycles. The van der Waals surface area contributed by atoms with Crippen LogP contribution in [-0.4, -0.2) is 34.0 Å². The van der Waals surface area contributed by atoms with E-state index in [4.69, 9.17) is 0 Å². The second-order valence-electron chi connectivity index (χ2n) is 7.97. The third kappa shape index (κ3) is 8.23. The van der Waals surface area contributed by atoms with Crippen LogP contribution in [0.1, 0.15) is 39.7 Å². The summed E-state index contributed by atoms with van der Waals surface area (Å²) in [5.74, 6) is 0.513. The number of halogens is 1. The largest absolute Gasteiger partial charge is 0.350 e. The standard InChI is InChI=1S/C23H29BrN2O2S/c1-17(22(28)25-23(2,3)4)26(16-18-10-12-19(24)13-11-18)21(27)14-15-29-20-8-6-5-7-9-20/h5-13,17H,14-16H2,1-4H3,(H,25,28)/t17-/m1/s1. The number of carbonyl (C=O) groups excluding carboxylic acids is 2. The van der Waals surface area contributed by atoms with Gasteiger partial charge in [-0.3, -0.25) is 9.59 Å². The lowest BCUT2D eigenvalue weighted by Crippen LogP contribution is -2.52. The van der Waals surface area contributed by atoms with Crippen LogP contribution in [0.25, 0.3) is 0 Å². The fraction of sp³-hybridized carbons (Fsp3) is 0.391. The van der Waals surface area contributed by atoms with Gasteiger partial charge in [0.15, 0.2) is 0 Å². The molecule has 0 heterocycles. The van der Waals surface area contributed by atoms with E-state index in [0.717, 1.165) is 14.9 Å². The molecule has 6 heteroatoms. The third-order valence-corrected chi connectivity index (χ3v) is 5.80. The van der Waals surface area contributed by atoms with Crippen LogP contribution in [0.5, 0.6) is 0 Å². The number of rotatable bonds is 8. The average Bonchev–Trinajstić information content (AvgIpc) is 2.66. The lowest BCUT2D eigenvalue weighted by atomic mass is 10.1. The van der Waals surface area contributed by atoms with Crippen molar-refractivity contribution in [3.63, 3.8) is 0 Å². The van der Waals surface area contributed by atoms with Crippen LogP contribution in [0.3, 0.4) is 0 Å². The number of hydrogen-bond acceptors (Lipinski definition) is 3. The van der Waals surface area contributed by atoms with E-state index in [9.17, 15) is 9.59 Å². The first-order chi connectivity index (χ1) is 13.7. The SMILES string of the molecule is C[C@H](C(=O)NC(C)(C)C)N(Cc1ccc(Br)cc1)C(=O)CCSc1ccccc1. The molecule has 0 fully saturated rings. The van der Waals surface area contributed by atoms with Crippen molar-refractivity contribution in [1.29, 1.82) is 0 Å². The second kappa shape index (κ2) is 10.8. The highest BCUT2D eigenvalue weighted by Crippen LogP contribution is 2.20. The molecule has 0 bridgehead atoms. The normalized spacial score (nSPS) is 12.3. The number of carbonyl (C=O) groups is 2. The molecule has 156 valence electrons. The number of benzene rings is 2. The van der Waals surface area contributed by atoms with E-state index < -0.39 is 6.04 Å². The average molecular weight is 477 g/mol. The summed E-state index contributed by atoms with van der Waals surface area (Å²) in [7, 11) is 0. The molecule has 4 nitrogen and oxygen atoms in total. The molecule has 0 unspecified atom stereocenters. The van der Waals surface area contributed by atoms with E-state index in [0.29, 0.717) is 18.7 Å². The predicted molar refractivity (Wildman–Crippen MR) is 124 cm³/mol. The van der Waals surface area contributed by atoms with Crippen molar-refractivity contribution < 1.29 is 9.59 Å². The van der Waals surface area contributed by atoms with Gasteiger partial charge < -0.3 is 10.2 Å². The number of nitrogens with one attached hydrogen (secondary N) is 1. The maximum atomic E-state index is 13.0. The highest BCUT2D eigenvalue weighted by molar-refractivity contribution is 9.10. The summed E-state index contributed by atoms with van der Waals surface area (Å²) in [4.78, 5) is 28.6. The molecule has 1 atom stereocenters. The smallest absolute Gasteiger partial charge is 0.242 e. The van der Waals surface area contributed by atoms with E-state index in [1.165, 1.54) is 0 Å². The molecule has 2 aromatic rings. The summed E-state index contributed by atoms with van der Waals surface area (Å²) in [5, 5.41) is 2.99. The lowest BCUT2D eigenvalue weighted by molar-refractivity contribution is -0.140. The van der Waals surface area contributed by atoms with Gasteiger partial charge in [0.05, 0.1) is 0 Å². The van der Waals surface area contributed by atoms with Crippen molar-refractivity contribution in [1.82, 2.24) is 10.2 Å². The van der Waals surface area contributed by atoms with Crippen LogP contribution in [0, 0.1) is 0 Å². The Morgan fingerprint density at radius 3 is 2.28 bits per heavy atom. The van der Waals surface area contributed by atoms with Gasteiger partial charge in [0.1, 0.15) is 6.04 Å². The van der Waals surface area contributed by atoms with E-state index in [1.54, 1.807) is 23.6 Å². The van der Waals surface area contributed by atoms with Gasteiger partial charge >= 0.3 is 0 Å². The van der Waals surface area contributed by atoms with Crippen molar-refractivity contribution >= 4 is 39.5 Å². The van der Waals surface area contributed by atoms with Crippen LogP contribution in [-0.2, 0) is 16.1 Å². The molecule has 1 N–H and O–H groups in total. The first-order valence-electron chi connectivity index (χ1n) is 9.69. The molecule has 0 saturated carbocycles. The summed E-state index contributed by atoms with van der Waals surface area (Å²) >= 11 is 5.09. The van der Waals surface area contributed by atoms with E-state index in [2.05, 4.69) is 21.2 Å². The molecule has 0 spiro atoms. The second-order valence-corrected chi connectivity index (χ2v) is 10.1. The molecule has 2 amide bonds. The number of hydrogen-bond donors (Lipinski definition) is 1. The minimum absolute atomic E-state index is 0.0205. The minimum atomic E-state index is -0.549. The fourth-order valence-electron chi connectivity index (χ4n) is 2.76. The van der Waals surface area contributed by atoms with Crippen molar-refractivity contribution in [2.75, 3.05) is 5.75 Å². The zero-order valence-corrected chi connectivity index (χ0v) is 19.8. The monoisotopic (exact) mass is 476 g/mol. The summed E-state index contributed by atoms with van der Waals surface area (Å²) in [6, 6.07) is 17.3. The molecule has 2 aromatic carbocycles. The zero-order chi connectivity index (χ0) is 21.4. The van der Waals surface area contributed by atoms with E-state index in [-0.39, 0.29) is 17.4 Å². The van der Waals surface area contributed by atoms with Crippen LogP contribution in [0.4, 0.5) is 0 Å². The van der Waals surface area contributed by atoms with E-state index >= 15 is 0 Å². The summed E-state index contributed by atoms with van der Waals surface area (Å²) in [5.41, 5.74) is 0.647. The van der Waals surface area contributed by atoms with Crippen molar-refractivity contribution in [2.24, 2.45) is 0 Å². The molecule has 0 saturated heterocycles. The molecule has 0 radical (unpaired) electrons. The molecular weight excluding hydrogens is 448 g/mol. The quantitative estimate of drug-likeness (QED) is 0.528. The van der Waals surface area contributed by atoms with Gasteiger partial charge in [0.25, 0.3) is 0 Å². The predicted octanol–water partition coefficient (Wildman–Crippen LogP) is 5.26. The van der Waals surface area contributed by atoms with Gasteiger partial charge in [-0.25, -0.2) is 0 Å². The Bertz CT molecular complexity index is 804. The lowest BCUT2D eigenvalue weighted by Gasteiger charge is -2.31. The van der Waals surface area contributed by atoms with Crippen LogP contribution >= 0.6 is 27.7 Å². The minimum Gasteiger partial charge on any atom is -0.350 e. The van der Waals surface area contributed by atoms with E-state index in [1.807, 2.05) is 75.4 Å². The van der Waals surface area contributed by atoms with Gasteiger partial charge in [0, 0.05) is 33.6 Å². The van der Waals surface area contributed by atoms with Crippen molar-refractivity contribution in [2.45, 2.75) is 57.1 Å². The number of amides is 2. The Labute approximate surface area is 186 Å². The Hall–Kier alpha value is -1.79. The maximum absolute atomic E-state index is 13.0. The Balaban J connectivity index is 2.08. The Morgan fingerprint density at radius 1 is 1.07 bits per heavy atom. The maximum Gasteiger partial charge on any atom is 0.242 e. The zero-order valence-electron chi connectivity index (χ0n) is 17.4. The van der Waals surface area contributed by atoms with Crippen LogP contribution in [0.15, 0.2) is 64.0 Å².